The number of nitrogens with one attached hydrogen (secondary N) is 1. The maximum Gasteiger partial charge on any atom is 0.239 e. The quantitative estimate of drug-likeness (QED) is 0.670. The molecule has 0 saturated carbocycles. The Balaban J connectivity index is 2.48. The first-order valence-corrected chi connectivity index (χ1v) is 5.10. The van der Waals surface area contributed by atoms with Crippen LogP contribution >= 0.6 is 0 Å². The Morgan fingerprint density at radius 2 is 2.29 bits per heavy atom. The Labute approximate surface area is 85.3 Å². The van der Waals surface area contributed by atoms with Gasteiger partial charge in [0.2, 0.25) is 5.91 Å². The van der Waals surface area contributed by atoms with Crippen LogP contribution in [-0.4, -0.2) is 47.7 Å². The van der Waals surface area contributed by atoms with Crippen molar-refractivity contribution < 1.29 is 9.90 Å². The lowest BCUT2D eigenvalue weighted by molar-refractivity contribution is -0.128. The Morgan fingerprint density at radius 3 is 2.71 bits per heavy atom. The van der Waals surface area contributed by atoms with Crippen LogP contribution in [0.1, 0.15) is 26.7 Å². The van der Waals surface area contributed by atoms with Crippen LogP contribution < -0.4 is 5.32 Å². The second kappa shape index (κ2) is 4.28. The smallest absolute Gasteiger partial charge is 0.239 e. The number of likely N-dealkylation sites (tertiary alicyclic amines) is 1. The molecule has 0 radical (unpaired) electrons. The number of likely N-dealkylation sites (N-methyl/N-ethyl adjacent to an activating group) is 1. The number of amides is 1. The summed E-state index contributed by atoms with van der Waals surface area (Å²) in [4.78, 5) is 13.3. The number of aliphatic hydroxyl groups is 1. The molecule has 0 aromatic heterocycles. The van der Waals surface area contributed by atoms with Crippen molar-refractivity contribution in [2.24, 2.45) is 0 Å². The van der Waals surface area contributed by atoms with Crippen molar-refractivity contribution in [2.45, 2.75) is 38.3 Å². The first kappa shape index (κ1) is 11.5. The fourth-order valence-electron chi connectivity index (χ4n) is 1.78. The topological polar surface area (TPSA) is 52.6 Å². The molecule has 1 atom stereocenters. The summed E-state index contributed by atoms with van der Waals surface area (Å²) < 4.78 is 0. The van der Waals surface area contributed by atoms with Crippen LogP contribution in [0.25, 0.3) is 0 Å². The van der Waals surface area contributed by atoms with E-state index in [0.29, 0.717) is 6.42 Å². The Kier molecular flexibility index (Phi) is 3.50. The average Bonchev–Trinajstić information content (AvgIpc) is 2.35. The molecule has 0 aromatic carbocycles. The normalized spacial score (nSPS) is 23.3. The molecule has 14 heavy (non-hydrogen) atoms. The van der Waals surface area contributed by atoms with E-state index in [9.17, 15) is 4.79 Å². The number of nitrogens with zero attached hydrogens (tertiary/aromatic N) is 1. The van der Waals surface area contributed by atoms with E-state index in [-0.39, 0.29) is 24.1 Å². The third-order valence-electron chi connectivity index (χ3n) is 2.73. The zero-order valence-electron chi connectivity index (χ0n) is 9.21. The highest BCUT2D eigenvalue weighted by atomic mass is 16.3. The summed E-state index contributed by atoms with van der Waals surface area (Å²) in [5.41, 5.74) is -0.166. The SMILES string of the molecule is CN1CCC(NC(C)(C)CCO)C1=O. The van der Waals surface area contributed by atoms with E-state index in [1.165, 1.54) is 0 Å². The fraction of sp³-hybridized carbons (Fsp3) is 0.900. The third-order valence-corrected chi connectivity index (χ3v) is 2.73. The van der Waals surface area contributed by atoms with Crippen LogP contribution in [0, 0.1) is 0 Å². The van der Waals surface area contributed by atoms with Gasteiger partial charge < -0.3 is 15.3 Å². The van der Waals surface area contributed by atoms with Gasteiger partial charge in [-0.15, -0.1) is 0 Å². The molecular formula is C10H20N2O2. The first-order valence-electron chi connectivity index (χ1n) is 5.10. The van der Waals surface area contributed by atoms with E-state index in [1.807, 2.05) is 20.9 Å². The second-order valence-electron chi connectivity index (χ2n) is 4.60. The summed E-state index contributed by atoms with van der Waals surface area (Å²) in [6, 6.07) is -0.0680. The lowest BCUT2D eigenvalue weighted by Gasteiger charge is -2.28. The van der Waals surface area contributed by atoms with E-state index in [2.05, 4.69) is 5.32 Å². The molecule has 1 unspecified atom stereocenters. The number of aliphatic hydroxyl groups excluding tert-OH is 1. The van der Waals surface area contributed by atoms with E-state index < -0.39 is 0 Å². The van der Waals surface area contributed by atoms with Gasteiger partial charge in [-0.25, -0.2) is 0 Å². The van der Waals surface area contributed by atoms with Gasteiger partial charge in [0, 0.05) is 25.7 Å². The van der Waals surface area contributed by atoms with Crippen LogP contribution in [0.4, 0.5) is 0 Å². The maximum absolute atomic E-state index is 11.6. The van der Waals surface area contributed by atoms with Crippen molar-refractivity contribution in [3.05, 3.63) is 0 Å². The van der Waals surface area contributed by atoms with Gasteiger partial charge in [0.15, 0.2) is 0 Å². The summed E-state index contributed by atoms with van der Waals surface area (Å²) in [7, 11) is 1.82. The second-order valence-corrected chi connectivity index (χ2v) is 4.60. The molecule has 1 fully saturated rings. The van der Waals surface area contributed by atoms with Crippen LogP contribution in [-0.2, 0) is 4.79 Å². The van der Waals surface area contributed by atoms with Gasteiger partial charge in [-0.2, -0.15) is 0 Å². The van der Waals surface area contributed by atoms with E-state index in [4.69, 9.17) is 5.11 Å². The van der Waals surface area contributed by atoms with Crippen LogP contribution in [0.5, 0.6) is 0 Å². The van der Waals surface area contributed by atoms with Gasteiger partial charge in [-0.3, -0.25) is 4.79 Å². The van der Waals surface area contributed by atoms with Crippen LogP contribution in [0.2, 0.25) is 0 Å². The van der Waals surface area contributed by atoms with Gasteiger partial charge in [0.1, 0.15) is 0 Å². The summed E-state index contributed by atoms with van der Waals surface area (Å²) >= 11 is 0. The van der Waals surface area contributed by atoms with Crippen molar-refractivity contribution in [3.63, 3.8) is 0 Å². The standard InChI is InChI=1S/C10H20N2O2/c1-10(2,5-7-13)11-8-4-6-12(3)9(8)14/h8,11,13H,4-7H2,1-3H3. The summed E-state index contributed by atoms with van der Waals surface area (Å²) in [5.74, 6) is 0.163. The van der Waals surface area contributed by atoms with Crippen molar-refractivity contribution in [2.75, 3.05) is 20.2 Å². The highest BCUT2D eigenvalue weighted by Crippen LogP contribution is 2.15. The lowest BCUT2D eigenvalue weighted by Crippen LogP contribution is -2.49. The van der Waals surface area contributed by atoms with Crippen LogP contribution in [0.3, 0.4) is 0 Å². The Hall–Kier alpha value is -0.610. The molecule has 2 N–H and O–H groups in total. The molecular weight excluding hydrogens is 180 g/mol. The molecule has 4 heteroatoms. The fourth-order valence-corrected chi connectivity index (χ4v) is 1.78. The Bertz CT molecular complexity index is 216. The van der Waals surface area contributed by atoms with Crippen LogP contribution in [0.15, 0.2) is 0 Å². The molecule has 0 bridgehead atoms. The van der Waals surface area contributed by atoms with Gasteiger partial charge in [-0.1, -0.05) is 0 Å². The molecule has 0 aromatic rings. The minimum atomic E-state index is -0.166. The molecule has 1 rings (SSSR count). The molecule has 1 saturated heterocycles. The minimum Gasteiger partial charge on any atom is -0.396 e. The Morgan fingerprint density at radius 1 is 1.64 bits per heavy atom. The van der Waals surface area contributed by atoms with Crippen molar-refractivity contribution >= 4 is 5.91 Å². The highest BCUT2D eigenvalue weighted by molar-refractivity contribution is 5.83. The molecule has 1 heterocycles. The molecule has 1 amide bonds. The summed E-state index contributed by atoms with van der Waals surface area (Å²) in [5, 5.41) is 12.1. The largest absolute Gasteiger partial charge is 0.396 e. The van der Waals surface area contributed by atoms with E-state index in [1.54, 1.807) is 4.90 Å². The molecule has 1 aliphatic heterocycles. The minimum absolute atomic E-state index is 0.0680. The number of carbonyl (C=O) groups excluding carboxylic acids is 1. The van der Waals surface area contributed by atoms with Crippen molar-refractivity contribution in [3.8, 4) is 0 Å². The van der Waals surface area contributed by atoms with E-state index in [0.717, 1.165) is 13.0 Å². The van der Waals surface area contributed by atoms with E-state index >= 15 is 0 Å². The monoisotopic (exact) mass is 200 g/mol. The van der Waals surface area contributed by atoms with Crippen molar-refractivity contribution in [1.82, 2.24) is 10.2 Å². The number of rotatable bonds is 4. The van der Waals surface area contributed by atoms with Gasteiger partial charge in [0.25, 0.3) is 0 Å². The molecule has 1 aliphatic rings. The number of carbonyl (C=O) groups is 1. The van der Waals surface area contributed by atoms with Gasteiger partial charge in [-0.05, 0) is 26.7 Å². The zero-order chi connectivity index (χ0) is 10.8. The third kappa shape index (κ3) is 2.69. The predicted molar refractivity (Wildman–Crippen MR) is 55.0 cm³/mol. The molecule has 0 spiro atoms. The molecule has 4 nitrogen and oxygen atoms in total. The van der Waals surface area contributed by atoms with Gasteiger partial charge in [0.05, 0.1) is 6.04 Å². The lowest BCUT2D eigenvalue weighted by atomic mass is 9.99. The summed E-state index contributed by atoms with van der Waals surface area (Å²) in [6.45, 7) is 4.99. The van der Waals surface area contributed by atoms with Crippen molar-refractivity contribution in [1.29, 1.82) is 0 Å². The first-order chi connectivity index (χ1) is 6.46. The average molecular weight is 200 g/mol. The number of hydrogen-bond acceptors (Lipinski definition) is 3. The molecule has 82 valence electrons. The number of hydrogen-bond donors (Lipinski definition) is 2. The zero-order valence-corrected chi connectivity index (χ0v) is 9.21. The predicted octanol–water partition coefficient (Wildman–Crippen LogP) is -0.0323. The molecule has 0 aliphatic carbocycles. The highest BCUT2D eigenvalue weighted by Gasteiger charge is 2.32. The van der Waals surface area contributed by atoms with Gasteiger partial charge >= 0.3 is 0 Å². The summed E-state index contributed by atoms with van der Waals surface area (Å²) in [6.07, 6.45) is 1.53. The maximum atomic E-state index is 11.6.